The monoisotopic (exact) mass is 307 g/mol. The van der Waals surface area contributed by atoms with Gasteiger partial charge in [0.05, 0.1) is 12.1 Å². The first-order valence-electron chi connectivity index (χ1n) is 5.46. The lowest BCUT2D eigenvalue weighted by Crippen LogP contribution is -2.07. The Kier molecular flexibility index (Phi) is 3.87. The second kappa shape index (κ2) is 5.40. The van der Waals surface area contributed by atoms with Crippen molar-refractivity contribution in [2.24, 2.45) is 0 Å². The molecule has 0 unspecified atom stereocenters. The number of rotatable bonds is 3. The molecule has 0 spiro atoms. The van der Waals surface area contributed by atoms with Crippen LogP contribution in [0.1, 0.15) is 21.6 Å². The Hall–Kier alpha value is -1.55. The van der Waals surface area contributed by atoms with Crippen LogP contribution in [0.25, 0.3) is 0 Å². The van der Waals surface area contributed by atoms with E-state index in [1.165, 1.54) is 18.2 Å². The average Bonchev–Trinajstić information content (AvgIpc) is 2.35. The SMILES string of the molecule is Cc1cccnc1CC(=O)c1cc(F)ccc1Br. The molecule has 92 valence electrons. The van der Waals surface area contributed by atoms with E-state index in [0.29, 0.717) is 10.0 Å². The van der Waals surface area contributed by atoms with Gasteiger partial charge >= 0.3 is 0 Å². The number of halogens is 2. The van der Waals surface area contributed by atoms with Crippen molar-refractivity contribution in [3.8, 4) is 0 Å². The number of aryl methyl sites for hydroxylation is 1. The molecule has 0 N–H and O–H groups in total. The minimum absolute atomic E-state index is 0.150. The summed E-state index contributed by atoms with van der Waals surface area (Å²) in [5.41, 5.74) is 2.03. The Balaban J connectivity index is 2.28. The van der Waals surface area contributed by atoms with Crippen LogP contribution in [-0.4, -0.2) is 10.8 Å². The van der Waals surface area contributed by atoms with Crippen molar-refractivity contribution in [2.45, 2.75) is 13.3 Å². The number of nitrogens with zero attached hydrogens (tertiary/aromatic N) is 1. The van der Waals surface area contributed by atoms with Crippen LogP contribution in [0.4, 0.5) is 4.39 Å². The van der Waals surface area contributed by atoms with Crippen LogP contribution < -0.4 is 0 Å². The number of Topliss-reactive ketones (excluding diaryl/α,β-unsaturated/α-hetero) is 1. The molecule has 1 heterocycles. The molecule has 0 amide bonds. The van der Waals surface area contributed by atoms with E-state index in [1.54, 1.807) is 6.20 Å². The van der Waals surface area contributed by atoms with Gasteiger partial charge in [0.1, 0.15) is 5.82 Å². The van der Waals surface area contributed by atoms with E-state index < -0.39 is 5.82 Å². The van der Waals surface area contributed by atoms with Crippen LogP contribution >= 0.6 is 15.9 Å². The van der Waals surface area contributed by atoms with Crippen LogP contribution in [0.3, 0.4) is 0 Å². The van der Waals surface area contributed by atoms with Crippen molar-refractivity contribution in [3.05, 3.63) is 63.6 Å². The summed E-state index contributed by atoms with van der Waals surface area (Å²) in [6.45, 7) is 1.90. The second-order valence-electron chi connectivity index (χ2n) is 3.99. The Labute approximate surface area is 113 Å². The molecule has 0 aliphatic rings. The van der Waals surface area contributed by atoms with Gasteiger partial charge < -0.3 is 0 Å². The van der Waals surface area contributed by atoms with Gasteiger partial charge in [-0.1, -0.05) is 22.0 Å². The van der Waals surface area contributed by atoms with Crippen LogP contribution in [0.15, 0.2) is 41.0 Å². The van der Waals surface area contributed by atoms with Gasteiger partial charge in [-0.15, -0.1) is 0 Å². The van der Waals surface area contributed by atoms with E-state index >= 15 is 0 Å². The highest BCUT2D eigenvalue weighted by Crippen LogP contribution is 2.20. The van der Waals surface area contributed by atoms with E-state index in [4.69, 9.17) is 0 Å². The van der Waals surface area contributed by atoms with Gasteiger partial charge in [-0.05, 0) is 36.8 Å². The number of pyridine rings is 1. The maximum Gasteiger partial charge on any atom is 0.170 e. The lowest BCUT2D eigenvalue weighted by atomic mass is 10.0. The highest BCUT2D eigenvalue weighted by Gasteiger charge is 2.13. The van der Waals surface area contributed by atoms with Gasteiger partial charge in [-0.25, -0.2) is 4.39 Å². The molecule has 0 fully saturated rings. The first-order valence-corrected chi connectivity index (χ1v) is 6.26. The van der Waals surface area contributed by atoms with E-state index in [9.17, 15) is 9.18 Å². The number of benzene rings is 1. The second-order valence-corrected chi connectivity index (χ2v) is 4.85. The Morgan fingerprint density at radius 2 is 2.17 bits per heavy atom. The molecule has 0 aliphatic heterocycles. The topological polar surface area (TPSA) is 30.0 Å². The molecule has 2 rings (SSSR count). The van der Waals surface area contributed by atoms with Crippen LogP contribution in [0.5, 0.6) is 0 Å². The lowest BCUT2D eigenvalue weighted by Gasteiger charge is -2.05. The fourth-order valence-corrected chi connectivity index (χ4v) is 2.13. The Morgan fingerprint density at radius 1 is 1.39 bits per heavy atom. The number of carbonyl (C=O) groups is 1. The molecule has 0 atom stereocenters. The molecule has 0 saturated heterocycles. The van der Waals surface area contributed by atoms with E-state index in [2.05, 4.69) is 20.9 Å². The quantitative estimate of drug-likeness (QED) is 0.809. The number of hydrogen-bond acceptors (Lipinski definition) is 2. The number of carbonyl (C=O) groups excluding carboxylic acids is 1. The van der Waals surface area contributed by atoms with Crippen LogP contribution in [0, 0.1) is 12.7 Å². The summed E-state index contributed by atoms with van der Waals surface area (Å²) in [5.74, 6) is -0.567. The molecule has 2 nitrogen and oxygen atoms in total. The first-order chi connectivity index (χ1) is 8.58. The highest BCUT2D eigenvalue weighted by atomic mass is 79.9. The standard InChI is InChI=1S/C14H11BrFNO/c1-9-3-2-6-17-13(9)8-14(18)11-7-10(16)4-5-12(11)15/h2-7H,8H2,1H3. The van der Waals surface area contributed by atoms with E-state index in [-0.39, 0.29) is 12.2 Å². The Morgan fingerprint density at radius 3 is 2.89 bits per heavy atom. The lowest BCUT2D eigenvalue weighted by molar-refractivity contribution is 0.0990. The van der Waals surface area contributed by atoms with Crippen LogP contribution in [0.2, 0.25) is 0 Å². The molecule has 0 aliphatic carbocycles. The zero-order chi connectivity index (χ0) is 13.1. The zero-order valence-electron chi connectivity index (χ0n) is 9.78. The van der Waals surface area contributed by atoms with Crippen molar-refractivity contribution >= 4 is 21.7 Å². The smallest absolute Gasteiger partial charge is 0.170 e. The summed E-state index contributed by atoms with van der Waals surface area (Å²) in [6.07, 6.45) is 1.82. The van der Waals surface area contributed by atoms with Gasteiger partial charge in [0.2, 0.25) is 0 Å². The average molecular weight is 308 g/mol. The molecule has 1 aromatic carbocycles. The fraction of sp³-hybridized carbons (Fsp3) is 0.143. The molecular weight excluding hydrogens is 297 g/mol. The highest BCUT2D eigenvalue weighted by molar-refractivity contribution is 9.10. The van der Waals surface area contributed by atoms with Crippen molar-refractivity contribution in [3.63, 3.8) is 0 Å². The van der Waals surface area contributed by atoms with Gasteiger partial charge in [0, 0.05) is 16.2 Å². The predicted octanol–water partition coefficient (Wildman–Crippen LogP) is 3.72. The molecule has 1 aromatic heterocycles. The van der Waals surface area contributed by atoms with E-state index in [1.807, 2.05) is 19.1 Å². The summed E-state index contributed by atoms with van der Waals surface area (Å²) in [4.78, 5) is 16.3. The number of ketones is 1. The van der Waals surface area contributed by atoms with Crippen molar-refractivity contribution in [1.29, 1.82) is 0 Å². The predicted molar refractivity (Wildman–Crippen MR) is 71.1 cm³/mol. The zero-order valence-corrected chi connectivity index (χ0v) is 11.4. The van der Waals surface area contributed by atoms with Gasteiger partial charge in [-0.3, -0.25) is 9.78 Å². The minimum atomic E-state index is -0.417. The van der Waals surface area contributed by atoms with Crippen molar-refractivity contribution in [1.82, 2.24) is 4.98 Å². The summed E-state index contributed by atoms with van der Waals surface area (Å²) in [7, 11) is 0. The molecule has 18 heavy (non-hydrogen) atoms. The van der Waals surface area contributed by atoms with Crippen LogP contribution in [-0.2, 0) is 6.42 Å². The first kappa shape index (κ1) is 12.9. The molecule has 4 heteroatoms. The third kappa shape index (κ3) is 2.82. The van der Waals surface area contributed by atoms with E-state index in [0.717, 1.165) is 11.3 Å². The molecule has 0 bridgehead atoms. The van der Waals surface area contributed by atoms with Crippen molar-refractivity contribution < 1.29 is 9.18 Å². The third-order valence-corrected chi connectivity index (χ3v) is 3.37. The maximum atomic E-state index is 13.1. The molecule has 0 saturated carbocycles. The maximum absolute atomic E-state index is 13.1. The third-order valence-electron chi connectivity index (χ3n) is 2.67. The number of aromatic nitrogens is 1. The summed E-state index contributed by atoms with van der Waals surface area (Å²) in [5, 5.41) is 0. The fourth-order valence-electron chi connectivity index (χ4n) is 1.66. The largest absolute Gasteiger partial charge is 0.294 e. The summed E-state index contributed by atoms with van der Waals surface area (Å²) < 4.78 is 13.7. The molecule has 0 radical (unpaired) electrons. The summed E-state index contributed by atoms with van der Waals surface area (Å²) >= 11 is 3.26. The minimum Gasteiger partial charge on any atom is -0.294 e. The van der Waals surface area contributed by atoms with Gasteiger partial charge in [-0.2, -0.15) is 0 Å². The van der Waals surface area contributed by atoms with Gasteiger partial charge in [0.25, 0.3) is 0 Å². The summed E-state index contributed by atoms with van der Waals surface area (Å²) in [6, 6.07) is 7.81. The molecule has 2 aromatic rings. The molecular formula is C14H11BrFNO. The number of hydrogen-bond donors (Lipinski definition) is 0. The van der Waals surface area contributed by atoms with Gasteiger partial charge in [0.15, 0.2) is 5.78 Å². The Bertz CT molecular complexity index is 598. The van der Waals surface area contributed by atoms with Crippen molar-refractivity contribution in [2.75, 3.05) is 0 Å². The normalized spacial score (nSPS) is 10.4.